The van der Waals surface area contributed by atoms with Gasteiger partial charge in [-0.2, -0.15) is 0 Å². The van der Waals surface area contributed by atoms with Crippen LogP contribution in [0.1, 0.15) is 50.2 Å². The van der Waals surface area contributed by atoms with Gasteiger partial charge in [0.25, 0.3) is 0 Å². The molecule has 3 atom stereocenters. The van der Waals surface area contributed by atoms with E-state index in [0.717, 1.165) is 29.9 Å². The Kier molecular flexibility index (Phi) is 8.43. The number of ketones is 1. The molecule has 39 heavy (non-hydrogen) atoms. The first-order valence-corrected chi connectivity index (χ1v) is 13.2. The van der Waals surface area contributed by atoms with Crippen LogP contribution in [0.3, 0.4) is 0 Å². The molecule has 0 radical (unpaired) electrons. The minimum absolute atomic E-state index is 0.353. The number of nitrogens with one attached hydrogen (secondary N) is 1. The SMILES string of the molecule is CCN(CC)c1ccc(C2C(C(=O)OC)=C(C)NC3=C2C(=O)C(C(=O)OC)C(c2ccc(OC)cc2)C3)cc1. The van der Waals surface area contributed by atoms with Crippen LogP contribution in [0.15, 0.2) is 71.1 Å². The van der Waals surface area contributed by atoms with Gasteiger partial charge in [-0.15, -0.1) is 0 Å². The number of esters is 2. The first-order chi connectivity index (χ1) is 18.8. The van der Waals surface area contributed by atoms with Crippen LogP contribution in [0.25, 0.3) is 0 Å². The number of Topliss-reactive ketones (excluding diaryl/α,β-unsaturated/α-hetero) is 1. The van der Waals surface area contributed by atoms with Gasteiger partial charge in [0.05, 0.1) is 26.9 Å². The minimum Gasteiger partial charge on any atom is -0.497 e. The lowest BCUT2D eigenvalue weighted by Crippen LogP contribution is -2.43. The van der Waals surface area contributed by atoms with Gasteiger partial charge in [-0.25, -0.2) is 4.79 Å². The number of benzene rings is 2. The van der Waals surface area contributed by atoms with Gasteiger partial charge in [0, 0.05) is 47.6 Å². The third-order valence-electron chi connectivity index (χ3n) is 7.78. The van der Waals surface area contributed by atoms with Crippen molar-refractivity contribution in [1.82, 2.24) is 5.32 Å². The zero-order valence-corrected chi connectivity index (χ0v) is 23.4. The van der Waals surface area contributed by atoms with E-state index in [4.69, 9.17) is 14.2 Å². The predicted molar refractivity (Wildman–Crippen MR) is 148 cm³/mol. The second-order valence-corrected chi connectivity index (χ2v) is 9.69. The second-order valence-electron chi connectivity index (χ2n) is 9.69. The van der Waals surface area contributed by atoms with Crippen LogP contribution in [0.2, 0.25) is 0 Å². The summed E-state index contributed by atoms with van der Waals surface area (Å²) in [5.41, 5.74) is 4.73. The first kappa shape index (κ1) is 28.0. The molecule has 206 valence electrons. The van der Waals surface area contributed by atoms with Crippen LogP contribution in [0, 0.1) is 5.92 Å². The molecule has 0 saturated carbocycles. The Morgan fingerprint density at radius 3 is 2.08 bits per heavy atom. The fourth-order valence-electron chi connectivity index (χ4n) is 5.78. The summed E-state index contributed by atoms with van der Waals surface area (Å²) in [5.74, 6) is -2.99. The Balaban J connectivity index is 1.86. The molecular formula is C31H36N2O6. The van der Waals surface area contributed by atoms with Gasteiger partial charge in [0.15, 0.2) is 5.78 Å². The molecule has 1 aliphatic carbocycles. The average Bonchev–Trinajstić information content (AvgIpc) is 2.96. The maximum absolute atomic E-state index is 14.3. The number of anilines is 1. The van der Waals surface area contributed by atoms with Crippen molar-refractivity contribution in [3.63, 3.8) is 0 Å². The molecule has 1 heterocycles. The van der Waals surface area contributed by atoms with Crippen LogP contribution >= 0.6 is 0 Å². The molecule has 1 N–H and O–H groups in total. The van der Waals surface area contributed by atoms with E-state index < -0.39 is 29.7 Å². The number of dihydropyridines is 1. The summed E-state index contributed by atoms with van der Waals surface area (Å²) >= 11 is 0. The predicted octanol–water partition coefficient (Wildman–Crippen LogP) is 4.48. The summed E-state index contributed by atoms with van der Waals surface area (Å²) < 4.78 is 15.6. The number of methoxy groups -OCH3 is 3. The molecule has 0 bridgehead atoms. The van der Waals surface area contributed by atoms with Crippen molar-refractivity contribution in [2.24, 2.45) is 5.92 Å². The van der Waals surface area contributed by atoms with Crippen molar-refractivity contribution in [2.45, 2.75) is 39.0 Å². The van der Waals surface area contributed by atoms with Gasteiger partial charge in [-0.3, -0.25) is 9.59 Å². The molecule has 8 nitrogen and oxygen atoms in total. The normalized spacial score (nSPS) is 20.7. The van der Waals surface area contributed by atoms with Gasteiger partial charge in [0.1, 0.15) is 11.7 Å². The van der Waals surface area contributed by atoms with Crippen LogP contribution in [-0.4, -0.2) is 52.1 Å². The summed E-state index contributed by atoms with van der Waals surface area (Å²) in [6.07, 6.45) is 0.396. The zero-order valence-electron chi connectivity index (χ0n) is 23.4. The summed E-state index contributed by atoms with van der Waals surface area (Å²) in [6.45, 7) is 7.71. The van der Waals surface area contributed by atoms with Gasteiger partial charge in [-0.05, 0) is 62.6 Å². The maximum Gasteiger partial charge on any atom is 0.336 e. The Morgan fingerprint density at radius 1 is 0.923 bits per heavy atom. The molecule has 8 heteroatoms. The van der Waals surface area contributed by atoms with Crippen LogP contribution in [0.4, 0.5) is 5.69 Å². The molecule has 4 rings (SSSR count). The summed E-state index contributed by atoms with van der Waals surface area (Å²) in [4.78, 5) is 42.7. The highest BCUT2D eigenvalue weighted by Gasteiger charge is 2.48. The molecule has 2 aromatic rings. The van der Waals surface area contributed by atoms with E-state index in [0.29, 0.717) is 34.7 Å². The number of rotatable bonds is 8. The van der Waals surface area contributed by atoms with Gasteiger partial charge >= 0.3 is 11.9 Å². The number of ether oxygens (including phenoxy) is 3. The second kappa shape index (κ2) is 11.8. The van der Waals surface area contributed by atoms with E-state index in [1.165, 1.54) is 14.2 Å². The lowest BCUT2D eigenvalue weighted by molar-refractivity contribution is -0.150. The van der Waals surface area contributed by atoms with Crippen molar-refractivity contribution in [3.05, 3.63) is 82.2 Å². The van der Waals surface area contributed by atoms with Crippen LogP contribution in [-0.2, 0) is 23.9 Å². The quantitative estimate of drug-likeness (QED) is 0.393. The Bertz CT molecular complexity index is 1310. The summed E-state index contributed by atoms with van der Waals surface area (Å²) in [7, 11) is 4.20. The molecular weight excluding hydrogens is 496 g/mol. The largest absolute Gasteiger partial charge is 0.497 e. The highest BCUT2D eigenvalue weighted by Crippen LogP contribution is 2.48. The molecule has 0 spiro atoms. The van der Waals surface area contributed by atoms with Gasteiger partial charge < -0.3 is 24.4 Å². The molecule has 0 saturated heterocycles. The fourth-order valence-corrected chi connectivity index (χ4v) is 5.78. The number of hydrogen-bond acceptors (Lipinski definition) is 8. The first-order valence-electron chi connectivity index (χ1n) is 13.2. The van der Waals surface area contributed by atoms with Crippen molar-refractivity contribution in [2.75, 3.05) is 39.3 Å². The zero-order chi connectivity index (χ0) is 28.3. The number of hydrogen-bond donors (Lipinski definition) is 1. The molecule has 0 aromatic heterocycles. The lowest BCUT2D eigenvalue weighted by Gasteiger charge is -2.39. The molecule has 0 fully saturated rings. The Hall–Kier alpha value is -4.07. The molecule has 3 unspecified atom stereocenters. The van der Waals surface area contributed by atoms with E-state index in [9.17, 15) is 14.4 Å². The monoisotopic (exact) mass is 532 g/mol. The van der Waals surface area contributed by atoms with Crippen molar-refractivity contribution < 1.29 is 28.6 Å². The Morgan fingerprint density at radius 2 is 1.54 bits per heavy atom. The van der Waals surface area contributed by atoms with Crippen molar-refractivity contribution in [1.29, 1.82) is 0 Å². The third kappa shape index (κ3) is 5.15. The highest BCUT2D eigenvalue weighted by atomic mass is 16.5. The van der Waals surface area contributed by atoms with E-state index in [1.807, 2.05) is 55.5 Å². The highest BCUT2D eigenvalue weighted by molar-refractivity contribution is 6.13. The van der Waals surface area contributed by atoms with Gasteiger partial charge in [0.2, 0.25) is 0 Å². The Labute approximate surface area is 229 Å². The standard InChI is InChI=1S/C31H36N2O6/c1-7-33(8-2)21-13-9-20(10-14-21)26-25(30(35)38-5)18(3)32-24-17-23(19-11-15-22(37-4)16-12-19)27(31(36)39-6)29(34)28(24)26/h9-16,23,26-27,32H,7-8,17H2,1-6H3. The molecule has 2 aliphatic rings. The van der Waals surface area contributed by atoms with Crippen molar-refractivity contribution in [3.8, 4) is 5.75 Å². The van der Waals surface area contributed by atoms with Gasteiger partial charge in [-0.1, -0.05) is 24.3 Å². The minimum atomic E-state index is -1.06. The average molecular weight is 533 g/mol. The number of carbonyl (C=O) groups is 3. The lowest BCUT2D eigenvalue weighted by atomic mass is 9.67. The molecule has 0 amide bonds. The summed E-state index contributed by atoms with van der Waals surface area (Å²) in [5, 5.41) is 3.31. The summed E-state index contributed by atoms with van der Waals surface area (Å²) in [6, 6.07) is 15.3. The molecule has 2 aromatic carbocycles. The fraction of sp³-hybridized carbons (Fsp3) is 0.387. The number of nitrogens with zero attached hydrogens (tertiary/aromatic N) is 1. The molecule has 1 aliphatic heterocycles. The third-order valence-corrected chi connectivity index (χ3v) is 7.78. The van der Waals surface area contributed by atoms with Crippen LogP contribution < -0.4 is 15.0 Å². The smallest absolute Gasteiger partial charge is 0.336 e. The van der Waals surface area contributed by atoms with E-state index in [2.05, 4.69) is 24.1 Å². The van der Waals surface area contributed by atoms with E-state index >= 15 is 0 Å². The van der Waals surface area contributed by atoms with E-state index in [-0.39, 0.29) is 5.78 Å². The maximum atomic E-state index is 14.3. The van der Waals surface area contributed by atoms with E-state index in [1.54, 1.807) is 7.11 Å². The van der Waals surface area contributed by atoms with Crippen LogP contribution in [0.5, 0.6) is 5.75 Å². The topological polar surface area (TPSA) is 94.2 Å². The van der Waals surface area contributed by atoms with Crippen molar-refractivity contribution >= 4 is 23.4 Å². The number of carbonyl (C=O) groups excluding carboxylic acids is 3. The number of allylic oxidation sites excluding steroid dienone is 3.